The lowest BCUT2D eigenvalue weighted by molar-refractivity contribution is -0.147. The average Bonchev–Trinajstić information content (AvgIpc) is 4.09. The molecule has 1 amide bonds. The Labute approximate surface area is 385 Å². The molecular formula is C48H53N11O4S2. The number of morpholine rings is 1. The first-order valence-corrected chi connectivity index (χ1v) is 23.9. The first-order chi connectivity index (χ1) is 31.4. The summed E-state index contributed by atoms with van der Waals surface area (Å²) in [5, 5.41) is 18.7. The number of hydrogen-bond donors (Lipinski definition) is 3. The number of carboxylic acid groups (broad SMARTS) is 1. The van der Waals surface area contributed by atoms with Gasteiger partial charge in [0.05, 0.1) is 64.7 Å². The predicted molar refractivity (Wildman–Crippen MR) is 261 cm³/mol. The molecule has 336 valence electrons. The van der Waals surface area contributed by atoms with Crippen molar-refractivity contribution in [1.29, 1.82) is 0 Å². The molecule has 2 aliphatic carbocycles. The predicted octanol–water partition coefficient (Wildman–Crippen LogP) is 7.80. The molecule has 11 rings (SSSR count). The number of aryl methyl sites for hydroxylation is 2. The first-order valence-electron chi connectivity index (χ1n) is 22.3. The molecule has 0 spiro atoms. The minimum Gasteiger partial charge on any atom is -0.481 e. The summed E-state index contributed by atoms with van der Waals surface area (Å²) in [7, 11) is 8.16. The van der Waals surface area contributed by atoms with E-state index in [1.807, 2.05) is 45.3 Å². The van der Waals surface area contributed by atoms with Gasteiger partial charge in [-0.25, -0.2) is 19.9 Å². The molecule has 6 aromatic rings. The summed E-state index contributed by atoms with van der Waals surface area (Å²) in [6, 6.07) is 8.65. The zero-order valence-corrected chi connectivity index (χ0v) is 39.1. The fourth-order valence-electron chi connectivity index (χ4n) is 9.94. The Kier molecular flexibility index (Phi) is 11.5. The number of nitrogens with one attached hydrogen (secondary N) is 2. The topological polar surface area (TPSA) is 174 Å². The van der Waals surface area contributed by atoms with E-state index in [1.165, 1.54) is 27.1 Å². The van der Waals surface area contributed by atoms with Crippen molar-refractivity contribution in [2.75, 3.05) is 61.7 Å². The van der Waals surface area contributed by atoms with Gasteiger partial charge in [-0.1, -0.05) is 0 Å². The maximum Gasteiger partial charge on any atom is 0.306 e. The lowest BCUT2D eigenvalue weighted by Crippen LogP contribution is -2.50. The van der Waals surface area contributed by atoms with Gasteiger partial charge in [0.1, 0.15) is 34.0 Å². The van der Waals surface area contributed by atoms with Crippen LogP contribution in [0.1, 0.15) is 69.8 Å². The number of nitrogens with zero attached hydrogens (tertiary/aromatic N) is 9. The second kappa shape index (κ2) is 17.4. The minimum atomic E-state index is -0.715. The van der Waals surface area contributed by atoms with E-state index in [9.17, 15) is 14.7 Å². The summed E-state index contributed by atoms with van der Waals surface area (Å²) < 4.78 is 5.84. The molecule has 65 heavy (non-hydrogen) atoms. The van der Waals surface area contributed by atoms with Crippen LogP contribution < -0.4 is 20.4 Å². The van der Waals surface area contributed by atoms with Gasteiger partial charge in [-0.2, -0.15) is 0 Å². The van der Waals surface area contributed by atoms with Crippen molar-refractivity contribution < 1.29 is 19.4 Å². The van der Waals surface area contributed by atoms with Crippen LogP contribution in [0.25, 0.3) is 20.4 Å². The van der Waals surface area contributed by atoms with Gasteiger partial charge in [-0.15, -0.1) is 22.7 Å². The molecule has 0 unspecified atom stereocenters. The van der Waals surface area contributed by atoms with Gasteiger partial charge < -0.3 is 35.2 Å². The normalized spacial score (nSPS) is 20.4. The van der Waals surface area contributed by atoms with Gasteiger partial charge in [0.25, 0.3) is 0 Å². The van der Waals surface area contributed by atoms with E-state index >= 15 is 0 Å². The van der Waals surface area contributed by atoms with Crippen molar-refractivity contribution in [2.45, 2.75) is 77.7 Å². The minimum absolute atomic E-state index is 0.0174. The van der Waals surface area contributed by atoms with Crippen LogP contribution >= 0.6 is 22.7 Å². The Morgan fingerprint density at radius 1 is 0.708 bits per heavy atom. The molecule has 4 atom stereocenters. The molecule has 0 saturated carbocycles. The Balaban J connectivity index is 0.000000157. The number of thiophene rings is 2. The highest BCUT2D eigenvalue weighted by molar-refractivity contribution is 7.19. The molecule has 3 N–H and O–H groups in total. The first kappa shape index (κ1) is 42.9. The van der Waals surface area contributed by atoms with Gasteiger partial charge in [-0.3, -0.25) is 19.6 Å². The summed E-state index contributed by atoms with van der Waals surface area (Å²) in [6.07, 6.45) is 11.7. The molecule has 1 saturated heterocycles. The molecule has 7 heterocycles. The third-order valence-electron chi connectivity index (χ3n) is 13.1. The largest absolute Gasteiger partial charge is 0.481 e. The third-order valence-corrected chi connectivity index (χ3v) is 15.4. The van der Waals surface area contributed by atoms with E-state index in [4.69, 9.17) is 4.74 Å². The highest BCUT2D eigenvalue weighted by Crippen LogP contribution is 2.44. The third kappa shape index (κ3) is 8.29. The van der Waals surface area contributed by atoms with E-state index < -0.39 is 5.97 Å². The van der Waals surface area contributed by atoms with E-state index in [1.54, 1.807) is 35.3 Å². The number of aliphatic carboxylic acids is 1. The molecule has 0 radical (unpaired) electrons. The molecule has 2 aromatic carbocycles. The van der Waals surface area contributed by atoms with E-state index in [2.05, 4.69) is 88.7 Å². The van der Waals surface area contributed by atoms with Crippen LogP contribution in [0.3, 0.4) is 0 Å². The average molecular weight is 912 g/mol. The second-order valence-corrected chi connectivity index (χ2v) is 20.3. The highest BCUT2D eigenvalue weighted by Gasteiger charge is 2.35. The number of aromatic nitrogens is 4. The highest BCUT2D eigenvalue weighted by atomic mass is 32.1. The molecule has 17 heteroatoms. The quantitative estimate of drug-likeness (QED) is 0.136. The lowest BCUT2D eigenvalue weighted by Gasteiger charge is -2.37. The number of hydrogen-bond acceptors (Lipinski definition) is 15. The lowest BCUT2D eigenvalue weighted by atomic mass is 9.86. The van der Waals surface area contributed by atoms with Crippen LogP contribution in [0.2, 0.25) is 0 Å². The number of amides is 1. The maximum atomic E-state index is 13.4. The summed E-state index contributed by atoms with van der Waals surface area (Å²) in [5.74, 6) is 0.864. The number of carbonyl (C=O) groups is 2. The smallest absolute Gasteiger partial charge is 0.306 e. The van der Waals surface area contributed by atoms with Crippen molar-refractivity contribution in [2.24, 2.45) is 21.8 Å². The molecule has 0 bridgehead atoms. The summed E-state index contributed by atoms with van der Waals surface area (Å²) in [5.41, 5.74) is 11.4. The van der Waals surface area contributed by atoms with Gasteiger partial charge >= 0.3 is 5.97 Å². The van der Waals surface area contributed by atoms with E-state index in [-0.39, 0.29) is 30.0 Å². The van der Waals surface area contributed by atoms with Crippen molar-refractivity contribution in [3.05, 3.63) is 80.1 Å². The standard InChI is InChI=1S/C27H32N6O2S.C21H21N5O2S/c1-15-12-33(13-16(2)35-15)27(34)17-5-6-20-23(9-17)36-26-24(20)25(29-14-30-26)31-21-7-18-10-28-11-19(18)8-22(21)32(3)4;1-26(2)16-6-13-9-22-8-12(13)5-15(16)25-19-18-14-4-3-11(21(27)28)7-17(14)29-20(18)24-10-23-19/h7-8,10,14-17H,5-6,9,11-13H2,1-4H3,(H,29,30,31);5-6,8,10-11H,3-4,7,9H2,1-2H3,(H,27,28)(H,23,24,25)/t15-,16-,17+;11-/m10/s1. The SMILES string of the molecule is CN(C)c1cc2c(cc1Nc1ncnc3sc4c(c13)CC[C@H](C(=O)O)C4)C=NC2.C[C@@H]1CN(C(=O)[C@H]2CCc3c(sc4ncnc(Nc5cc6c(cc5N(C)C)CN=C6)c34)C2)C[C@@H](C)O1. The van der Waals surface area contributed by atoms with Crippen LogP contribution in [0.5, 0.6) is 0 Å². The molecule has 5 aliphatic rings. The Hall–Kier alpha value is -6.04. The van der Waals surface area contributed by atoms with Crippen molar-refractivity contribution >= 4 is 102 Å². The van der Waals surface area contributed by atoms with Gasteiger partial charge in [0.15, 0.2) is 0 Å². The Bertz CT molecular complexity index is 2910. The Morgan fingerprint density at radius 2 is 1.18 bits per heavy atom. The number of carbonyl (C=O) groups excluding carboxylic acids is 1. The fraction of sp³-hybridized carbons (Fsp3) is 0.417. The second-order valence-electron chi connectivity index (χ2n) is 18.1. The number of ether oxygens (including phenoxy) is 1. The zero-order valence-electron chi connectivity index (χ0n) is 37.5. The number of carboxylic acids is 1. The van der Waals surface area contributed by atoms with Gasteiger partial charge in [-0.05, 0) is 110 Å². The van der Waals surface area contributed by atoms with Crippen LogP contribution in [0.4, 0.5) is 34.4 Å². The van der Waals surface area contributed by atoms with E-state index in [0.29, 0.717) is 25.9 Å². The number of anilines is 6. The number of rotatable bonds is 8. The Morgan fingerprint density at radius 3 is 1.66 bits per heavy atom. The van der Waals surface area contributed by atoms with Gasteiger partial charge in [0.2, 0.25) is 5.91 Å². The van der Waals surface area contributed by atoms with Crippen molar-refractivity contribution in [1.82, 2.24) is 24.8 Å². The maximum absolute atomic E-state index is 13.4. The molecule has 1 fully saturated rings. The molecule has 4 aromatic heterocycles. The molecule has 3 aliphatic heterocycles. The van der Waals surface area contributed by atoms with Crippen LogP contribution in [0.15, 0.2) is 46.9 Å². The summed E-state index contributed by atoms with van der Waals surface area (Å²) in [4.78, 5) is 62.4. The van der Waals surface area contributed by atoms with Crippen LogP contribution in [-0.4, -0.2) is 108 Å². The van der Waals surface area contributed by atoms with Crippen molar-refractivity contribution in [3.8, 4) is 0 Å². The number of aliphatic imine (C=N–C) groups is 2. The molecule has 15 nitrogen and oxygen atoms in total. The van der Waals surface area contributed by atoms with Crippen LogP contribution in [0, 0.1) is 11.8 Å². The monoisotopic (exact) mass is 911 g/mol. The zero-order chi connectivity index (χ0) is 45.1. The number of fused-ring (bicyclic) bond motifs is 8. The summed E-state index contributed by atoms with van der Waals surface area (Å²) in [6.45, 7) is 6.90. The molecular weight excluding hydrogens is 859 g/mol. The fourth-order valence-corrected chi connectivity index (χ4v) is 12.5. The van der Waals surface area contributed by atoms with Crippen LogP contribution in [-0.2, 0) is 53.1 Å². The van der Waals surface area contributed by atoms with Gasteiger partial charge in [0, 0.05) is 69.4 Å². The number of benzene rings is 2. The van der Waals surface area contributed by atoms with E-state index in [0.717, 1.165) is 110 Å². The summed E-state index contributed by atoms with van der Waals surface area (Å²) >= 11 is 3.30. The van der Waals surface area contributed by atoms with Crippen molar-refractivity contribution in [3.63, 3.8) is 0 Å².